The number of hydrogen-bond acceptors (Lipinski definition) is 5. The third-order valence-electron chi connectivity index (χ3n) is 5.43. The molecule has 0 atom stereocenters. The van der Waals surface area contributed by atoms with E-state index in [1.807, 2.05) is 0 Å². The highest BCUT2D eigenvalue weighted by Gasteiger charge is 2.45. The summed E-state index contributed by atoms with van der Waals surface area (Å²) < 4.78 is 92.6. The molecule has 192 valence electrons. The number of hydrogen-bond donors (Lipinski definition) is 1. The van der Waals surface area contributed by atoms with Gasteiger partial charge in [0.25, 0.3) is 11.8 Å². The second kappa shape index (κ2) is 8.73. The molecule has 1 saturated heterocycles. The summed E-state index contributed by atoms with van der Waals surface area (Å²) in [6.07, 6.45) is -1.68. The van der Waals surface area contributed by atoms with Crippen molar-refractivity contribution in [2.24, 2.45) is 0 Å². The molecular formula is C22H18ClF5N4O3S. The van der Waals surface area contributed by atoms with E-state index in [9.17, 15) is 35.2 Å². The Hall–Kier alpha value is -3.19. The number of sulfone groups is 1. The van der Waals surface area contributed by atoms with E-state index in [0.29, 0.717) is 0 Å². The Labute approximate surface area is 207 Å². The number of carbonyl (C=O) groups excluding carboxylic acids is 1. The van der Waals surface area contributed by atoms with Crippen LogP contribution in [0.2, 0.25) is 5.02 Å². The molecule has 36 heavy (non-hydrogen) atoms. The molecule has 3 heterocycles. The van der Waals surface area contributed by atoms with Crippen molar-refractivity contribution in [3.63, 3.8) is 0 Å². The molecule has 7 nitrogen and oxygen atoms in total. The van der Waals surface area contributed by atoms with Crippen molar-refractivity contribution in [1.29, 1.82) is 0 Å². The molecule has 0 spiro atoms. The molecule has 14 heteroatoms. The maximum atomic E-state index is 13.8. The zero-order valence-electron chi connectivity index (χ0n) is 18.7. The normalized spacial score (nSPS) is 15.5. The average Bonchev–Trinajstić information content (AvgIpc) is 3.11. The van der Waals surface area contributed by atoms with Gasteiger partial charge in [0.2, 0.25) is 0 Å². The SMILES string of the molecule is Cc1cc(C(=O)Nc2cc(Cl)cc(S(C)(=O)=O)c2)cn1-c1ncc(N2CC(F)(F)C2)cc1C(F)(F)F. The third-order valence-corrected chi connectivity index (χ3v) is 6.74. The molecule has 1 aliphatic rings. The smallest absolute Gasteiger partial charge is 0.358 e. The van der Waals surface area contributed by atoms with Crippen LogP contribution >= 0.6 is 11.6 Å². The Morgan fingerprint density at radius 3 is 2.39 bits per heavy atom. The Bertz CT molecular complexity index is 1460. The highest BCUT2D eigenvalue weighted by Crippen LogP contribution is 2.38. The molecular weight excluding hydrogens is 531 g/mol. The third kappa shape index (κ3) is 5.31. The van der Waals surface area contributed by atoms with E-state index < -0.39 is 52.3 Å². The van der Waals surface area contributed by atoms with E-state index in [1.54, 1.807) is 0 Å². The lowest BCUT2D eigenvalue weighted by atomic mass is 10.1. The maximum Gasteiger partial charge on any atom is 0.420 e. The summed E-state index contributed by atoms with van der Waals surface area (Å²) in [6, 6.07) is 5.80. The Morgan fingerprint density at radius 2 is 1.81 bits per heavy atom. The van der Waals surface area contributed by atoms with Crippen LogP contribution in [-0.4, -0.2) is 49.1 Å². The molecule has 1 N–H and O–H groups in total. The van der Waals surface area contributed by atoms with Gasteiger partial charge >= 0.3 is 6.18 Å². The van der Waals surface area contributed by atoms with Gasteiger partial charge in [-0.15, -0.1) is 0 Å². The first-order valence-electron chi connectivity index (χ1n) is 10.2. The number of rotatable bonds is 5. The van der Waals surface area contributed by atoms with Gasteiger partial charge in [0.05, 0.1) is 35.4 Å². The largest absolute Gasteiger partial charge is 0.420 e. The van der Waals surface area contributed by atoms with E-state index in [4.69, 9.17) is 11.6 Å². The molecule has 0 aliphatic carbocycles. The molecule has 1 aliphatic heterocycles. The fraction of sp³-hybridized carbons (Fsp3) is 0.273. The van der Waals surface area contributed by atoms with Gasteiger partial charge in [-0.2, -0.15) is 13.2 Å². The Kier molecular flexibility index (Phi) is 6.28. The molecule has 1 amide bonds. The number of nitrogens with one attached hydrogen (secondary N) is 1. The molecule has 3 aromatic rings. The monoisotopic (exact) mass is 548 g/mol. The van der Waals surface area contributed by atoms with Crippen LogP contribution in [-0.2, 0) is 16.0 Å². The molecule has 1 aromatic carbocycles. The van der Waals surface area contributed by atoms with Crippen molar-refractivity contribution in [1.82, 2.24) is 9.55 Å². The summed E-state index contributed by atoms with van der Waals surface area (Å²) >= 11 is 5.94. The van der Waals surface area contributed by atoms with Crippen molar-refractivity contribution in [2.75, 3.05) is 29.6 Å². The topological polar surface area (TPSA) is 84.3 Å². The van der Waals surface area contributed by atoms with Gasteiger partial charge in [0, 0.05) is 28.9 Å². The number of benzene rings is 1. The van der Waals surface area contributed by atoms with E-state index in [0.717, 1.165) is 34.2 Å². The van der Waals surface area contributed by atoms with Gasteiger partial charge in [-0.05, 0) is 37.3 Å². The molecule has 4 rings (SSSR count). The highest BCUT2D eigenvalue weighted by molar-refractivity contribution is 7.90. The minimum Gasteiger partial charge on any atom is -0.358 e. The summed E-state index contributed by atoms with van der Waals surface area (Å²) in [5.74, 6) is -4.23. The summed E-state index contributed by atoms with van der Waals surface area (Å²) in [7, 11) is -3.62. The summed E-state index contributed by atoms with van der Waals surface area (Å²) in [5, 5.41) is 2.53. The van der Waals surface area contributed by atoms with Crippen molar-refractivity contribution in [3.8, 4) is 5.82 Å². The zero-order chi connectivity index (χ0) is 26.6. The van der Waals surface area contributed by atoms with Crippen LogP contribution in [0, 0.1) is 6.92 Å². The predicted octanol–water partition coefficient (Wildman–Crippen LogP) is 4.96. The van der Waals surface area contributed by atoms with Gasteiger partial charge < -0.3 is 14.8 Å². The Balaban J connectivity index is 1.66. The summed E-state index contributed by atoms with van der Waals surface area (Å²) in [6.45, 7) is 0.0507. The second-order valence-electron chi connectivity index (χ2n) is 8.42. The number of aryl methyl sites for hydroxylation is 1. The number of halogens is 6. The fourth-order valence-corrected chi connectivity index (χ4v) is 4.67. The van der Waals surface area contributed by atoms with Crippen molar-refractivity contribution >= 4 is 38.7 Å². The van der Waals surface area contributed by atoms with Crippen LogP contribution < -0.4 is 10.2 Å². The van der Waals surface area contributed by atoms with E-state index >= 15 is 0 Å². The number of anilines is 2. The van der Waals surface area contributed by atoms with E-state index in [-0.39, 0.29) is 32.6 Å². The molecule has 2 aromatic heterocycles. The molecule has 0 saturated carbocycles. The number of aromatic nitrogens is 2. The zero-order valence-corrected chi connectivity index (χ0v) is 20.3. The molecule has 0 bridgehead atoms. The standard InChI is InChI=1S/C22H18ClF5N4O3S/c1-12-3-13(20(33)30-15-4-14(23)5-17(6-15)36(2,34)35)9-32(12)19-18(22(26,27)28)7-16(8-29-19)31-10-21(24,25)11-31/h3-9H,10-11H2,1-2H3,(H,30,33). The molecule has 1 fully saturated rings. The van der Waals surface area contributed by atoms with Gasteiger partial charge in [-0.3, -0.25) is 4.79 Å². The van der Waals surface area contributed by atoms with Gasteiger partial charge in [-0.1, -0.05) is 11.6 Å². The summed E-state index contributed by atoms with van der Waals surface area (Å²) in [5.41, 5.74) is -0.974. The van der Waals surface area contributed by atoms with Crippen molar-refractivity contribution < 1.29 is 35.2 Å². The number of alkyl halides is 5. The molecule has 0 radical (unpaired) electrons. The molecule has 0 unspecified atom stereocenters. The van der Waals surface area contributed by atoms with Gasteiger partial charge in [0.1, 0.15) is 11.4 Å². The summed E-state index contributed by atoms with van der Waals surface area (Å²) in [4.78, 5) is 17.6. The van der Waals surface area contributed by atoms with Crippen LogP contribution in [0.25, 0.3) is 5.82 Å². The van der Waals surface area contributed by atoms with Crippen LogP contribution in [0.5, 0.6) is 0 Å². The van der Waals surface area contributed by atoms with Gasteiger partial charge in [0.15, 0.2) is 9.84 Å². The highest BCUT2D eigenvalue weighted by atomic mass is 35.5. The predicted molar refractivity (Wildman–Crippen MR) is 123 cm³/mol. The number of nitrogens with zero attached hydrogens (tertiary/aromatic N) is 3. The maximum absolute atomic E-state index is 13.8. The lowest BCUT2D eigenvalue weighted by molar-refractivity contribution is -0.137. The average molecular weight is 549 g/mol. The quantitative estimate of drug-likeness (QED) is 0.456. The number of pyridine rings is 1. The Morgan fingerprint density at radius 1 is 1.14 bits per heavy atom. The number of carbonyl (C=O) groups is 1. The van der Waals surface area contributed by atoms with E-state index in [2.05, 4.69) is 10.3 Å². The first-order valence-corrected chi connectivity index (χ1v) is 12.5. The number of amides is 1. The minimum atomic E-state index is -4.85. The lowest BCUT2D eigenvalue weighted by Crippen LogP contribution is -2.56. The van der Waals surface area contributed by atoms with E-state index in [1.165, 1.54) is 31.2 Å². The van der Waals surface area contributed by atoms with Crippen LogP contribution in [0.1, 0.15) is 21.6 Å². The van der Waals surface area contributed by atoms with Crippen molar-refractivity contribution in [3.05, 3.63) is 64.6 Å². The minimum absolute atomic E-state index is 0.0326. The van der Waals surface area contributed by atoms with Gasteiger partial charge in [-0.25, -0.2) is 22.2 Å². The van der Waals surface area contributed by atoms with Crippen LogP contribution in [0.3, 0.4) is 0 Å². The lowest BCUT2D eigenvalue weighted by Gasteiger charge is -2.40. The van der Waals surface area contributed by atoms with Crippen LogP contribution in [0.15, 0.2) is 47.6 Å². The first-order chi connectivity index (χ1) is 16.5. The van der Waals surface area contributed by atoms with Crippen molar-refractivity contribution in [2.45, 2.75) is 23.9 Å². The second-order valence-corrected chi connectivity index (χ2v) is 10.9. The first kappa shape index (κ1) is 25.9. The van der Waals surface area contributed by atoms with Crippen LogP contribution in [0.4, 0.5) is 33.3 Å². The fourth-order valence-electron chi connectivity index (χ4n) is 3.69.